The number of fused-ring (bicyclic) bond motifs is 1. The van der Waals surface area contributed by atoms with Gasteiger partial charge in [0.25, 0.3) is 0 Å². The number of nitrogens with two attached hydrogens (primary N) is 1. The van der Waals surface area contributed by atoms with Crippen LogP contribution >= 0.6 is 0 Å². The van der Waals surface area contributed by atoms with E-state index < -0.39 is 0 Å². The smallest absolute Gasteiger partial charge is 0.119 e. The summed E-state index contributed by atoms with van der Waals surface area (Å²) in [4.78, 5) is 2.51. The van der Waals surface area contributed by atoms with Gasteiger partial charge in [-0.1, -0.05) is 12.5 Å². The first kappa shape index (κ1) is 13.9. The number of rotatable bonds is 4. The molecule has 3 heteroatoms. The van der Waals surface area contributed by atoms with E-state index in [1.54, 1.807) is 0 Å². The summed E-state index contributed by atoms with van der Waals surface area (Å²) in [5.41, 5.74) is 8.90. The minimum atomic E-state index is 0.199. The van der Waals surface area contributed by atoms with Crippen LogP contribution in [0.25, 0.3) is 0 Å². The van der Waals surface area contributed by atoms with Crippen molar-refractivity contribution in [1.82, 2.24) is 4.90 Å². The molecule has 0 radical (unpaired) electrons. The van der Waals surface area contributed by atoms with Gasteiger partial charge >= 0.3 is 0 Å². The summed E-state index contributed by atoms with van der Waals surface area (Å²) >= 11 is 0. The molecule has 1 aromatic rings. The third-order valence-electron chi connectivity index (χ3n) is 4.60. The standard InChI is InChI=1S/C17H26N2O/c18-17-6-4-5-14-7-8-15(13-16(14)17)20-12-11-19-9-2-1-3-10-19/h7-8,13,17H,1-6,9-12,18H2. The Morgan fingerprint density at radius 3 is 2.85 bits per heavy atom. The van der Waals surface area contributed by atoms with E-state index in [1.165, 1.54) is 49.9 Å². The molecule has 1 saturated heterocycles. The molecule has 2 N–H and O–H groups in total. The van der Waals surface area contributed by atoms with E-state index in [0.29, 0.717) is 0 Å². The van der Waals surface area contributed by atoms with Gasteiger partial charge in [-0.05, 0) is 68.5 Å². The molecule has 0 bridgehead atoms. The lowest BCUT2D eigenvalue weighted by Gasteiger charge is -2.26. The van der Waals surface area contributed by atoms with E-state index >= 15 is 0 Å². The highest BCUT2D eigenvalue weighted by molar-refractivity contribution is 5.39. The predicted octanol–water partition coefficient (Wildman–Crippen LogP) is 2.89. The Balaban J connectivity index is 1.53. The molecular formula is C17H26N2O. The van der Waals surface area contributed by atoms with Crippen LogP contribution in [0.2, 0.25) is 0 Å². The van der Waals surface area contributed by atoms with Crippen LogP contribution in [0.3, 0.4) is 0 Å². The van der Waals surface area contributed by atoms with Crippen LogP contribution in [-0.4, -0.2) is 31.1 Å². The van der Waals surface area contributed by atoms with E-state index in [4.69, 9.17) is 10.5 Å². The van der Waals surface area contributed by atoms with Crippen molar-refractivity contribution in [3.8, 4) is 5.75 Å². The van der Waals surface area contributed by atoms with Crippen molar-refractivity contribution in [3.05, 3.63) is 29.3 Å². The van der Waals surface area contributed by atoms with Crippen molar-refractivity contribution >= 4 is 0 Å². The first-order valence-electron chi connectivity index (χ1n) is 8.06. The van der Waals surface area contributed by atoms with Crippen LogP contribution in [0.1, 0.15) is 49.3 Å². The molecule has 3 nitrogen and oxygen atoms in total. The van der Waals surface area contributed by atoms with E-state index in [2.05, 4.69) is 23.1 Å². The first-order valence-corrected chi connectivity index (χ1v) is 8.06. The molecule has 0 aromatic heterocycles. The molecule has 110 valence electrons. The number of hydrogen-bond donors (Lipinski definition) is 1. The second kappa shape index (κ2) is 6.59. The van der Waals surface area contributed by atoms with Crippen molar-refractivity contribution in [2.24, 2.45) is 5.73 Å². The van der Waals surface area contributed by atoms with Gasteiger partial charge in [-0.25, -0.2) is 0 Å². The lowest BCUT2D eigenvalue weighted by atomic mass is 9.88. The van der Waals surface area contributed by atoms with Gasteiger partial charge in [0.15, 0.2) is 0 Å². The molecule has 20 heavy (non-hydrogen) atoms. The Kier molecular flexibility index (Phi) is 4.58. The molecular weight excluding hydrogens is 248 g/mol. The minimum Gasteiger partial charge on any atom is -0.492 e. The average Bonchev–Trinajstić information content (AvgIpc) is 2.49. The van der Waals surface area contributed by atoms with Gasteiger partial charge < -0.3 is 10.5 Å². The number of benzene rings is 1. The van der Waals surface area contributed by atoms with Gasteiger partial charge in [0.05, 0.1) is 0 Å². The van der Waals surface area contributed by atoms with E-state index in [-0.39, 0.29) is 6.04 Å². The summed E-state index contributed by atoms with van der Waals surface area (Å²) in [6.07, 6.45) is 7.55. The third kappa shape index (κ3) is 3.33. The molecule has 2 aliphatic rings. The van der Waals surface area contributed by atoms with Crippen LogP contribution in [0.5, 0.6) is 5.75 Å². The van der Waals surface area contributed by atoms with Gasteiger partial charge in [0.1, 0.15) is 12.4 Å². The highest BCUT2D eigenvalue weighted by atomic mass is 16.5. The summed E-state index contributed by atoms with van der Waals surface area (Å²) < 4.78 is 5.93. The fraction of sp³-hybridized carbons (Fsp3) is 0.647. The number of piperidine rings is 1. The zero-order chi connectivity index (χ0) is 13.8. The molecule has 3 rings (SSSR count). The maximum Gasteiger partial charge on any atom is 0.119 e. The number of likely N-dealkylation sites (tertiary alicyclic amines) is 1. The van der Waals surface area contributed by atoms with Crippen molar-refractivity contribution < 1.29 is 4.74 Å². The van der Waals surface area contributed by atoms with Gasteiger partial charge in [-0.15, -0.1) is 0 Å². The largest absolute Gasteiger partial charge is 0.492 e. The molecule has 1 atom stereocenters. The van der Waals surface area contributed by atoms with Crippen LogP contribution in [0.4, 0.5) is 0 Å². The van der Waals surface area contributed by atoms with Gasteiger partial charge in [-0.3, -0.25) is 4.90 Å². The Morgan fingerprint density at radius 2 is 2.00 bits per heavy atom. The number of hydrogen-bond acceptors (Lipinski definition) is 3. The Morgan fingerprint density at radius 1 is 1.15 bits per heavy atom. The Hall–Kier alpha value is -1.06. The molecule has 1 aliphatic heterocycles. The second-order valence-electron chi connectivity index (χ2n) is 6.11. The fourth-order valence-electron chi connectivity index (χ4n) is 3.38. The van der Waals surface area contributed by atoms with Crippen LogP contribution < -0.4 is 10.5 Å². The van der Waals surface area contributed by atoms with Crippen LogP contribution in [-0.2, 0) is 6.42 Å². The number of nitrogens with zero attached hydrogens (tertiary/aromatic N) is 1. The molecule has 0 spiro atoms. The summed E-state index contributed by atoms with van der Waals surface area (Å²) in [5, 5.41) is 0. The summed E-state index contributed by atoms with van der Waals surface area (Å²) in [7, 11) is 0. The average molecular weight is 274 g/mol. The zero-order valence-corrected chi connectivity index (χ0v) is 12.3. The maximum absolute atomic E-state index is 6.20. The van der Waals surface area contributed by atoms with Gasteiger partial charge in [-0.2, -0.15) is 0 Å². The topological polar surface area (TPSA) is 38.5 Å². The fourth-order valence-corrected chi connectivity index (χ4v) is 3.38. The highest BCUT2D eigenvalue weighted by Crippen LogP contribution is 2.30. The number of aryl methyl sites for hydroxylation is 1. The Bertz CT molecular complexity index is 441. The minimum absolute atomic E-state index is 0.199. The van der Waals surface area contributed by atoms with Gasteiger partial charge in [0, 0.05) is 12.6 Å². The maximum atomic E-state index is 6.20. The Labute approximate surface area is 122 Å². The van der Waals surface area contributed by atoms with E-state index in [1.807, 2.05) is 0 Å². The monoisotopic (exact) mass is 274 g/mol. The normalized spacial score (nSPS) is 23.4. The lowest BCUT2D eigenvalue weighted by molar-refractivity contribution is 0.183. The molecule has 1 aliphatic carbocycles. The van der Waals surface area contributed by atoms with Crippen molar-refractivity contribution in [2.45, 2.75) is 44.6 Å². The second-order valence-corrected chi connectivity index (χ2v) is 6.11. The summed E-state index contributed by atoms with van der Waals surface area (Å²) in [5.74, 6) is 0.984. The van der Waals surface area contributed by atoms with Crippen molar-refractivity contribution in [2.75, 3.05) is 26.2 Å². The summed E-state index contributed by atoms with van der Waals surface area (Å²) in [6, 6.07) is 6.66. The quantitative estimate of drug-likeness (QED) is 0.917. The molecule has 1 aromatic carbocycles. The zero-order valence-electron chi connectivity index (χ0n) is 12.3. The highest BCUT2D eigenvalue weighted by Gasteiger charge is 2.17. The van der Waals surface area contributed by atoms with E-state index in [9.17, 15) is 0 Å². The van der Waals surface area contributed by atoms with Gasteiger partial charge in [0.2, 0.25) is 0 Å². The third-order valence-corrected chi connectivity index (χ3v) is 4.60. The molecule has 1 heterocycles. The SMILES string of the molecule is NC1CCCc2ccc(OCCN3CCCCC3)cc21. The molecule has 0 saturated carbocycles. The van der Waals surface area contributed by atoms with Crippen molar-refractivity contribution in [3.63, 3.8) is 0 Å². The predicted molar refractivity (Wildman–Crippen MR) is 82.1 cm³/mol. The van der Waals surface area contributed by atoms with Crippen LogP contribution in [0, 0.1) is 0 Å². The molecule has 1 fully saturated rings. The molecule has 1 unspecified atom stereocenters. The van der Waals surface area contributed by atoms with E-state index in [0.717, 1.165) is 31.7 Å². The molecule has 0 amide bonds. The van der Waals surface area contributed by atoms with Crippen LogP contribution in [0.15, 0.2) is 18.2 Å². The number of ether oxygens (including phenoxy) is 1. The first-order chi connectivity index (χ1) is 9.83. The van der Waals surface area contributed by atoms with Crippen molar-refractivity contribution in [1.29, 1.82) is 0 Å². The lowest BCUT2D eigenvalue weighted by Crippen LogP contribution is -2.33. The summed E-state index contributed by atoms with van der Waals surface area (Å²) in [6.45, 7) is 4.30.